The lowest BCUT2D eigenvalue weighted by molar-refractivity contribution is 0.0696. The van der Waals surface area contributed by atoms with Gasteiger partial charge in [-0.15, -0.1) is 0 Å². The summed E-state index contributed by atoms with van der Waals surface area (Å²) in [5.74, 6) is -0.566. The molecule has 4 nitrogen and oxygen atoms in total. The Morgan fingerprint density at radius 1 is 1.05 bits per heavy atom. The molecular weight excluding hydrogens is 256 g/mol. The molecular formula is C16H14O4. The van der Waals surface area contributed by atoms with Gasteiger partial charge in [0, 0.05) is 5.56 Å². The number of carbonyl (C=O) groups is 2. The highest BCUT2D eigenvalue weighted by molar-refractivity contribution is 5.98. The van der Waals surface area contributed by atoms with Crippen LogP contribution in [-0.2, 0) is 0 Å². The Hall–Kier alpha value is -2.62. The van der Waals surface area contributed by atoms with Crippen molar-refractivity contribution in [2.75, 3.05) is 6.61 Å². The van der Waals surface area contributed by atoms with E-state index in [1.54, 1.807) is 6.07 Å². The minimum atomic E-state index is -1.01. The fourth-order valence-corrected chi connectivity index (χ4v) is 1.74. The van der Waals surface area contributed by atoms with Crippen LogP contribution in [0.4, 0.5) is 0 Å². The molecule has 20 heavy (non-hydrogen) atoms. The van der Waals surface area contributed by atoms with Crippen LogP contribution in [0.2, 0.25) is 0 Å². The summed E-state index contributed by atoms with van der Waals surface area (Å²) < 4.78 is 5.41. The molecule has 0 aliphatic rings. The minimum Gasteiger partial charge on any atom is -0.485 e. The molecule has 2 rings (SSSR count). The lowest BCUT2D eigenvalue weighted by Crippen LogP contribution is -2.11. The van der Waals surface area contributed by atoms with Gasteiger partial charge in [0.25, 0.3) is 0 Å². The van der Waals surface area contributed by atoms with Gasteiger partial charge in [-0.25, -0.2) is 4.79 Å². The number of hydrogen-bond acceptors (Lipinski definition) is 3. The lowest BCUT2D eigenvalue weighted by Gasteiger charge is -2.06. The number of hydrogen-bond donors (Lipinski definition) is 1. The number of carboxylic acid groups (broad SMARTS) is 1. The second-order valence-electron chi connectivity index (χ2n) is 4.41. The summed E-state index contributed by atoms with van der Waals surface area (Å²) in [7, 11) is 0. The molecule has 0 atom stereocenters. The predicted octanol–water partition coefficient (Wildman–Crippen LogP) is 2.95. The number of Topliss-reactive ketones (excluding diaryl/α,β-unsaturated/α-hetero) is 1. The number of benzene rings is 2. The minimum absolute atomic E-state index is 0.0735. The van der Waals surface area contributed by atoms with E-state index in [-0.39, 0.29) is 18.0 Å². The van der Waals surface area contributed by atoms with Crippen LogP contribution in [0.1, 0.15) is 26.3 Å². The highest BCUT2D eigenvalue weighted by Crippen LogP contribution is 2.13. The van der Waals surface area contributed by atoms with Gasteiger partial charge in [0.15, 0.2) is 12.4 Å². The van der Waals surface area contributed by atoms with Crippen LogP contribution in [0, 0.1) is 6.92 Å². The summed E-state index contributed by atoms with van der Waals surface area (Å²) in [6.45, 7) is 1.87. The molecule has 102 valence electrons. The zero-order valence-corrected chi connectivity index (χ0v) is 11.0. The Balaban J connectivity index is 1.99. The molecule has 0 amide bonds. The maximum atomic E-state index is 11.9. The van der Waals surface area contributed by atoms with Gasteiger partial charge in [0.05, 0.1) is 5.56 Å². The smallest absolute Gasteiger partial charge is 0.335 e. The Bertz CT molecular complexity index is 629. The molecule has 0 unspecified atom stereocenters. The van der Waals surface area contributed by atoms with E-state index in [1.165, 1.54) is 24.3 Å². The fourth-order valence-electron chi connectivity index (χ4n) is 1.74. The lowest BCUT2D eigenvalue weighted by atomic mass is 10.1. The monoisotopic (exact) mass is 270 g/mol. The van der Waals surface area contributed by atoms with Crippen LogP contribution >= 0.6 is 0 Å². The van der Waals surface area contributed by atoms with Crippen molar-refractivity contribution in [2.45, 2.75) is 6.92 Å². The first-order chi connectivity index (χ1) is 9.56. The molecule has 0 fully saturated rings. The van der Waals surface area contributed by atoms with Crippen molar-refractivity contribution < 1.29 is 19.4 Å². The largest absolute Gasteiger partial charge is 0.485 e. The Labute approximate surface area is 116 Å². The highest BCUT2D eigenvalue weighted by Gasteiger charge is 2.08. The van der Waals surface area contributed by atoms with E-state index >= 15 is 0 Å². The third kappa shape index (κ3) is 3.45. The second kappa shape index (κ2) is 6.02. The van der Waals surface area contributed by atoms with Crippen molar-refractivity contribution >= 4 is 11.8 Å². The number of ether oxygens (including phenoxy) is 1. The second-order valence-corrected chi connectivity index (χ2v) is 4.41. The van der Waals surface area contributed by atoms with Crippen LogP contribution in [0.15, 0.2) is 48.5 Å². The average molecular weight is 270 g/mol. The molecule has 0 saturated carbocycles. The molecule has 0 radical (unpaired) electrons. The normalized spacial score (nSPS) is 10.1. The SMILES string of the molecule is Cc1cccc(OCC(=O)c2ccc(C(=O)O)cc2)c1. The average Bonchev–Trinajstić information content (AvgIpc) is 2.45. The van der Waals surface area contributed by atoms with Crippen molar-refractivity contribution in [1.29, 1.82) is 0 Å². The Kier molecular flexibility index (Phi) is 4.15. The van der Waals surface area contributed by atoms with Crippen LogP contribution in [-0.4, -0.2) is 23.5 Å². The molecule has 0 spiro atoms. The molecule has 0 saturated heterocycles. The van der Waals surface area contributed by atoms with Crippen molar-refractivity contribution in [2.24, 2.45) is 0 Å². The van der Waals surface area contributed by atoms with Gasteiger partial charge >= 0.3 is 5.97 Å². The van der Waals surface area contributed by atoms with E-state index in [9.17, 15) is 9.59 Å². The zero-order valence-electron chi connectivity index (χ0n) is 11.0. The van der Waals surface area contributed by atoms with Crippen LogP contribution in [0.3, 0.4) is 0 Å². The molecule has 0 bridgehead atoms. The number of rotatable bonds is 5. The van der Waals surface area contributed by atoms with Crippen LogP contribution in [0.5, 0.6) is 5.75 Å². The van der Waals surface area contributed by atoms with Gasteiger partial charge in [0.2, 0.25) is 0 Å². The van der Waals surface area contributed by atoms with Gasteiger partial charge < -0.3 is 9.84 Å². The van der Waals surface area contributed by atoms with Crippen LogP contribution < -0.4 is 4.74 Å². The molecule has 1 N–H and O–H groups in total. The van der Waals surface area contributed by atoms with Crippen molar-refractivity contribution in [1.82, 2.24) is 0 Å². The molecule has 2 aromatic carbocycles. The maximum Gasteiger partial charge on any atom is 0.335 e. The summed E-state index contributed by atoms with van der Waals surface area (Å²) in [6.07, 6.45) is 0. The van der Waals surface area contributed by atoms with E-state index in [0.717, 1.165) is 5.56 Å². The molecule has 0 aliphatic heterocycles. The van der Waals surface area contributed by atoms with E-state index in [2.05, 4.69) is 0 Å². The zero-order chi connectivity index (χ0) is 14.5. The van der Waals surface area contributed by atoms with E-state index in [4.69, 9.17) is 9.84 Å². The first-order valence-corrected chi connectivity index (χ1v) is 6.12. The summed E-state index contributed by atoms with van der Waals surface area (Å²) in [4.78, 5) is 22.6. The molecule has 4 heteroatoms. The third-order valence-electron chi connectivity index (χ3n) is 2.81. The number of carboxylic acids is 1. The van der Waals surface area contributed by atoms with E-state index in [1.807, 2.05) is 25.1 Å². The predicted molar refractivity (Wildman–Crippen MR) is 74.4 cm³/mol. The first kappa shape index (κ1) is 13.8. The number of carbonyl (C=O) groups excluding carboxylic acids is 1. The van der Waals surface area contributed by atoms with E-state index < -0.39 is 5.97 Å². The van der Waals surface area contributed by atoms with Gasteiger partial charge in [-0.1, -0.05) is 24.3 Å². The van der Waals surface area contributed by atoms with Crippen molar-refractivity contribution in [3.8, 4) is 5.75 Å². The standard InChI is InChI=1S/C16H14O4/c1-11-3-2-4-14(9-11)20-10-15(17)12-5-7-13(8-6-12)16(18)19/h2-9H,10H2,1H3,(H,18,19). The van der Waals surface area contributed by atoms with Gasteiger partial charge in [0.1, 0.15) is 5.75 Å². The fraction of sp³-hybridized carbons (Fsp3) is 0.125. The van der Waals surface area contributed by atoms with Gasteiger partial charge in [-0.2, -0.15) is 0 Å². The number of aromatic carboxylic acids is 1. The summed E-state index contributed by atoms with van der Waals surface area (Å²) in [5, 5.41) is 8.78. The van der Waals surface area contributed by atoms with E-state index in [0.29, 0.717) is 11.3 Å². The summed E-state index contributed by atoms with van der Waals surface area (Å²) >= 11 is 0. The quantitative estimate of drug-likeness (QED) is 0.848. The van der Waals surface area contributed by atoms with Gasteiger partial charge in [-0.3, -0.25) is 4.79 Å². The molecule has 0 heterocycles. The summed E-state index contributed by atoms with van der Waals surface area (Å²) in [6, 6.07) is 13.2. The Morgan fingerprint density at radius 3 is 2.30 bits per heavy atom. The van der Waals surface area contributed by atoms with Crippen molar-refractivity contribution in [3.05, 3.63) is 65.2 Å². The van der Waals surface area contributed by atoms with Gasteiger partial charge in [-0.05, 0) is 36.8 Å². The van der Waals surface area contributed by atoms with Crippen LogP contribution in [0.25, 0.3) is 0 Å². The molecule has 0 aliphatic carbocycles. The molecule has 0 aromatic heterocycles. The molecule has 2 aromatic rings. The number of aryl methyl sites for hydroxylation is 1. The highest BCUT2D eigenvalue weighted by atomic mass is 16.5. The summed E-state index contributed by atoms with van der Waals surface area (Å²) in [5.41, 5.74) is 1.64. The number of ketones is 1. The third-order valence-corrected chi connectivity index (χ3v) is 2.81. The maximum absolute atomic E-state index is 11.9. The van der Waals surface area contributed by atoms with Crippen molar-refractivity contribution in [3.63, 3.8) is 0 Å². The topological polar surface area (TPSA) is 63.6 Å². The first-order valence-electron chi connectivity index (χ1n) is 6.12. The Morgan fingerprint density at radius 2 is 1.70 bits per heavy atom.